The molecule has 0 aromatic heterocycles. The summed E-state index contributed by atoms with van der Waals surface area (Å²) in [5.74, 6) is -0.109. The minimum absolute atomic E-state index is 0.308. The number of methoxy groups -OCH3 is 1. The van der Waals surface area contributed by atoms with Crippen LogP contribution in [0.1, 0.15) is 39.5 Å². The van der Waals surface area contributed by atoms with E-state index in [0.29, 0.717) is 12.2 Å². The first-order chi connectivity index (χ1) is 9.43. The van der Waals surface area contributed by atoms with Crippen LogP contribution in [0.5, 0.6) is 5.75 Å². The summed E-state index contributed by atoms with van der Waals surface area (Å²) in [6.45, 7) is 4.06. The van der Waals surface area contributed by atoms with Crippen molar-refractivity contribution in [3.8, 4) is 5.75 Å². The molecule has 1 saturated carbocycles. The number of hydrogen-bond acceptors (Lipinski definition) is 3. The van der Waals surface area contributed by atoms with Crippen LogP contribution in [0.15, 0.2) is 24.3 Å². The molecule has 0 amide bonds. The summed E-state index contributed by atoms with van der Waals surface area (Å²) in [5.41, 5.74) is -0.509. The second-order valence-electron chi connectivity index (χ2n) is 6.13. The third kappa shape index (κ3) is 2.35. The van der Waals surface area contributed by atoms with E-state index in [1.807, 2.05) is 38.1 Å². The maximum atomic E-state index is 12.0. The van der Waals surface area contributed by atoms with Gasteiger partial charge in [-0.15, -0.1) is 0 Å². The Balaban J connectivity index is 2.41. The predicted molar refractivity (Wildman–Crippen MR) is 79.2 cm³/mol. The number of carboxylic acid groups (broad SMARTS) is 1. The third-order valence-corrected chi connectivity index (χ3v) is 4.58. The van der Waals surface area contributed by atoms with Crippen molar-refractivity contribution in [3.05, 3.63) is 24.3 Å². The van der Waals surface area contributed by atoms with Gasteiger partial charge in [-0.1, -0.05) is 38.8 Å². The van der Waals surface area contributed by atoms with Gasteiger partial charge in [-0.2, -0.15) is 0 Å². The van der Waals surface area contributed by atoms with E-state index in [0.717, 1.165) is 24.9 Å². The van der Waals surface area contributed by atoms with Crippen molar-refractivity contribution in [2.24, 2.45) is 5.41 Å². The number of carboxylic acids is 1. The number of anilines is 1. The third-order valence-electron chi connectivity index (χ3n) is 4.58. The molecule has 2 rings (SSSR count). The van der Waals surface area contributed by atoms with E-state index in [1.165, 1.54) is 0 Å². The molecular weight excluding hydrogens is 254 g/mol. The molecule has 4 nitrogen and oxygen atoms in total. The summed E-state index contributed by atoms with van der Waals surface area (Å²) in [7, 11) is 1.60. The Morgan fingerprint density at radius 2 is 1.90 bits per heavy atom. The van der Waals surface area contributed by atoms with Gasteiger partial charge in [-0.25, -0.2) is 4.79 Å². The van der Waals surface area contributed by atoms with E-state index >= 15 is 0 Å². The first-order valence-corrected chi connectivity index (χ1v) is 7.07. The normalized spacial score (nSPS) is 24.9. The van der Waals surface area contributed by atoms with Gasteiger partial charge in [-0.05, 0) is 30.4 Å². The first-order valence-electron chi connectivity index (χ1n) is 7.07. The Labute approximate surface area is 120 Å². The maximum absolute atomic E-state index is 12.0. The van der Waals surface area contributed by atoms with Crippen molar-refractivity contribution in [2.45, 2.75) is 45.1 Å². The zero-order valence-electron chi connectivity index (χ0n) is 12.4. The van der Waals surface area contributed by atoms with Gasteiger partial charge in [0.1, 0.15) is 11.3 Å². The number of carbonyl (C=O) groups is 1. The molecular formula is C16H23NO3. The highest BCUT2D eigenvalue weighted by Gasteiger charge is 2.52. The van der Waals surface area contributed by atoms with Crippen LogP contribution >= 0.6 is 0 Å². The van der Waals surface area contributed by atoms with Gasteiger partial charge in [0.2, 0.25) is 0 Å². The van der Waals surface area contributed by atoms with E-state index in [2.05, 4.69) is 5.32 Å². The number of nitrogens with one attached hydrogen (secondary N) is 1. The lowest BCUT2D eigenvalue weighted by Crippen LogP contribution is -2.59. The second-order valence-corrected chi connectivity index (χ2v) is 6.13. The zero-order chi connectivity index (χ0) is 14.8. The molecule has 0 aliphatic heterocycles. The van der Waals surface area contributed by atoms with Gasteiger partial charge in [0.15, 0.2) is 0 Å². The van der Waals surface area contributed by atoms with E-state index in [1.54, 1.807) is 7.11 Å². The zero-order valence-corrected chi connectivity index (χ0v) is 12.4. The minimum Gasteiger partial charge on any atom is -0.495 e. The SMILES string of the molecule is COc1ccccc1NC1(C(=O)O)CCCCC1(C)C. The number of benzene rings is 1. The average Bonchev–Trinajstić information content (AvgIpc) is 2.41. The van der Waals surface area contributed by atoms with Crippen molar-refractivity contribution >= 4 is 11.7 Å². The molecule has 1 aromatic rings. The molecule has 1 atom stereocenters. The van der Waals surface area contributed by atoms with Crippen LogP contribution in [-0.2, 0) is 4.79 Å². The van der Waals surface area contributed by atoms with Crippen LogP contribution in [0.25, 0.3) is 0 Å². The van der Waals surface area contributed by atoms with Crippen molar-refractivity contribution < 1.29 is 14.6 Å². The quantitative estimate of drug-likeness (QED) is 0.884. The van der Waals surface area contributed by atoms with E-state index in [9.17, 15) is 9.90 Å². The minimum atomic E-state index is -0.945. The molecule has 1 fully saturated rings. The standard InChI is InChI=1S/C16H23NO3/c1-15(2)10-6-7-11-16(15,14(18)19)17-12-8-4-5-9-13(12)20-3/h4-5,8-9,17H,6-7,10-11H2,1-3H3,(H,18,19). The number of aliphatic carboxylic acids is 1. The Bertz CT molecular complexity index is 498. The lowest BCUT2D eigenvalue weighted by atomic mass is 9.63. The average molecular weight is 277 g/mol. The molecule has 2 N–H and O–H groups in total. The maximum Gasteiger partial charge on any atom is 0.329 e. The topological polar surface area (TPSA) is 58.6 Å². The summed E-state index contributed by atoms with van der Waals surface area (Å²) >= 11 is 0. The summed E-state index contributed by atoms with van der Waals surface area (Å²) in [6, 6.07) is 7.47. The highest BCUT2D eigenvalue weighted by atomic mass is 16.5. The van der Waals surface area contributed by atoms with E-state index in [-0.39, 0.29) is 5.41 Å². The van der Waals surface area contributed by atoms with Crippen LogP contribution in [0.2, 0.25) is 0 Å². The predicted octanol–water partition coefficient (Wildman–Crippen LogP) is 3.53. The number of ether oxygens (including phenoxy) is 1. The van der Waals surface area contributed by atoms with Crippen molar-refractivity contribution in [3.63, 3.8) is 0 Å². The van der Waals surface area contributed by atoms with Crippen molar-refractivity contribution in [1.29, 1.82) is 0 Å². The Hall–Kier alpha value is -1.71. The fourth-order valence-corrected chi connectivity index (χ4v) is 3.17. The molecule has 0 spiro atoms. The molecule has 0 bridgehead atoms. The largest absolute Gasteiger partial charge is 0.495 e. The van der Waals surface area contributed by atoms with E-state index in [4.69, 9.17) is 4.74 Å². The molecule has 0 saturated heterocycles. The molecule has 20 heavy (non-hydrogen) atoms. The Morgan fingerprint density at radius 3 is 2.50 bits per heavy atom. The smallest absolute Gasteiger partial charge is 0.329 e. The van der Waals surface area contributed by atoms with Crippen molar-refractivity contribution in [1.82, 2.24) is 0 Å². The monoisotopic (exact) mass is 277 g/mol. The molecule has 1 aromatic carbocycles. The highest BCUT2D eigenvalue weighted by molar-refractivity contribution is 5.85. The molecule has 0 radical (unpaired) electrons. The van der Waals surface area contributed by atoms with Crippen molar-refractivity contribution in [2.75, 3.05) is 12.4 Å². The van der Waals surface area contributed by atoms with Crippen LogP contribution in [0.3, 0.4) is 0 Å². The number of rotatable bonds is 4. The molecule has 1 aliphatic carbocycles. The molecule has 0 heterocycles. The molecule has 4 heteroatoms. The summed E-state index contributed by atoms with van der Waals surface area (Å²) in [4.78, 5) is 12.0. The number of para-hydroxylation sites is 2. The fraction of sp³-hybridized carbons (Fsp3) is 0.562. The molecule has 110 valence electrons. The Morgan fingerprint density at radius 1 is 1.25 bits per heavy atom. The van der Waals surface area contributed by atoms with Crippen LogP contribution < -0.4 is 10.1 Å². The highest BCUT2D eigenvalue weighted by Crippen LogP contribution is 2.46. The van der Waals surface area contributed by atoms with Gasteiger partial charge in [0.25, 0.3) is 0 Å². The molecule has 1 unspecified atom stereocenters. The summed E-state index contributed by atoms with van der Waals surface area (Å²) in [5, 5.41) is 13.1. The van der Waals surface area contributed by atoms with Gasteiger partial charge in [0.05, 0.1) is 12.8 Å². The van der Waals surface area contributed by atoms with E-state index < -0.39 is 11.5 Å². The second kappa shape index (κ2) is 5.35. The van der Waals surface area contributed by atoms with Crippen LogP contribution in [0.4, 0.5) is 5.69 Å². The fourth-order valence-electron chi connectivity index (χ4n) is 3.17. The van der Waals surface area contributed by atoms with Gasteiger partial charge < -0.3 is 15.2 Å². The van der Waals surface area contributed by atoms with Gasteiger partial charge in [-0.3, -0.25) is 0 Å². The number of hydrogen-bond donors (Lipinski definition) is 2. The summed E-state index contributed by atoms with van der Waals surface area (Å²) in [6.07, 6.45) is 3.54. The Kier molecular flexibility index (Phi) is 3.93. The van der Waals surface area contributed by atoms with Gasteiger partial charge in [0, 0.05) is 0 Å². The summed E-state index contributed by atoms with van der Waals surface area (Å²) < 4.78 is 5.32. The lowest BCUT2D eigenvalue weighted by molar-refractivity contribution is -0.148. The van der Waals surface area contributed by atoms with Crippen LogP contribution in [0, 0.1) is 5.41 Å². The van der Waals surface area contributed by atoms with Gasteiger partial charge >= 0.3 is 5.97 Å². The first kappa shape index (κ1) is 14.7. The lowest BCUT2D eigenvalue weighted by Gasteiger charge is -2.48. The molecule has 1 aliphatic rings. The van der Waals surface area contributed by atoms with Crippen LogP contribution in [-0.4, -0.2) is 23.7 Å².